The van der Waals surface area contributed by atoms with Crippen molar-refractivity contribution in [1.29, 1.82) is 0 Å². The van der Waals surface area contributed by atoms with E-state index in [0.717, 1.165) is 0 Å². The fourth-order valence-corrected chi connectivity index (χ4v) is 3.43. The van der Waals surface area contributed by atoms with Crippen LogP contribution in [0.2, 0.25) is 0 Å². The minimum atomic E-state index is -1.05. The minimum Gasteiger partial charge on any atom is -0.478 e. The fourth-order valence-electron chi connectivity index (χ4n) is 3.03. The standard InChI is InChI=1S/C19H17BrF2N2O3/c1-10-5-11(19(25)26)6-16-18(10)23-17(24(16)3-4-27-2)9-13-14(21)7-12(20)8-15(13)22/h5-8H,3-4,9H2,1-2H3,(H,25,26). The van der Waals surface area contributed by atoms with E-state index in [4.69, 9.17) is 4.74 Å². The monoisotopic (exact) mass is 438 g/mol. The van der Waals surface area contributed by atoms with E-state index in [-0.39, 0.29) is 17.5 Å². The van der Waals surface area contributed by atoms with Gasteiger partial charge < -0.3 is 14.4 Å². The summed E-state index contributed by atoms with van der Waals surface area (Å²) in [5.74, 6) is -1.95. The van der Waals surface area contributed by atoms with Gasteiger partial charge in [-0.2, -0.15) is 0 Å². The van der Waals surface area contributed by atoms with Crippen LogP contribution in [0.3, 0.4) is 0 Å². The summed E-state index contributed by atoms with van der Waals surface area (Å²) in [6, 6.07) is 5.46. The zero-order valence-electron chi connectivity index (χ0n) is 14.7. The van der Waals surface area contributed by atoms with E-state index in [1.807, 2.05) is 0 Å². The van der Waals surface area contributed by atoms with E-state index in [1.54, 1.807) is 18.6 Å². The molecule has 1 aromatic heterocycles. The molecule has 1 N–H and O–H groups in total. The van der Waals surface area contributed by atoms with E-state index >= 15 is 0 Å². The average Bonchev–Trinajstić information content (AvgIpc) is 2.94. The molecule has 8 heteroatoms. The summed E-state index contributed by atoms with van der Waals surface area (Å²) in [7, 11) is 1.54. The number of benzene rings is 2. The molecule has 0 amide bonds. The Morgan fingerprint density at radius 3 is 2.52 bits per heavy atom. The third-order valence-corrected chi connectivity index (χ3v) is 4.79. The minimum absolute atomic E-state index is 0.0643. The van der Waals surface area contributed by atoms with Crippen molar-refractivity contribution in [3.8, 4) is 0 Å². The number of aryl methyl sites for hydroxylation is 1. The third kappa shape index (κ3) is 3.86. The maximum Gasteiger partial charge on any atom is 0.335 e. The van der Waals surface area contributed by atoms with Crippen LogP contribution in [0.5, 0.6) is 0 Å². The van der Waals surface area contributed by atoms with Gasteiger partial charge in [0.1, 0.15) is 17.5 Å². The van der Waals surface area contributed by atoms with E-state index in [2.05, 4.69) is 20.9 Å². The molecular formula is C19H17BrF2N2O3. The topological polar surface area (TPSA) is 64.4 Å². The van der Waals surface area contributed by atoms with E-state index < -0.39 is 17.6 Å². The number of carboxylic acids is 1. The van der Waals surface area contributed by atoms with Gasteiger partial charge in [0.2, 0.25) is 0 Å². The zero-order chi connectivity index (χ0) is 19.7. The largest absolute Gasteiger partial charge is 0.478 e. The number of imidazole rings is 1. The number of carboxylic acid groups (broad SMARTS) is 1. The zero-order valence-corrected chi connectivity index (χ0v) is 16.3. The number of rotatable bonds is 6. The SMILES string of the molecule is COCCn1c(Cc2c(F)cc(Br)cc2F)nc2c(C)cc(C(=O)O)cc21. The Labute approximate surface area is 162 Å². The van der Waals surface area contributed by atoms with Crippen LogP contribution in [0, 0.1) is 18.6 Å². The molecule has 27 heavy (non-hydrogen) atoms. The number of hydrogen-bond acceptors (Lipinski definition) is 3. The molecule has 0 aliphatic carbocycles. The fraction of sp³-hybridized carbons (Fsp3) is 0.263. The number of carbonyl (C=O) groups is 1. The molecule has 0 radical (unpaired) electrons. The molecule has 0 spiro atoms. The second-order valence-electron chi connectivity index (χ2n) is 6.16. The van der Waals surface area contributed by atoms with Crippen LogP contribution in [-0.4, -0.2) is 34.3 Å². The van der Waals surface area contributed by atoms with Crippen LogP contribution < -0.4 is 0 Å². The predicted octanol–water partition coefficient (Wildman–Crippen LogP) is 4.32. The molecule has 3 rings (SSSR count). The van der Waals surface area contributed by atoms with Crippen molar-refractivity contribution in [3.05, 3.63) is 62.9 Å². The number of hydrogen-bond donors (Lipinski definition) is 1. The molecule has 0 atom stereocenters. The van der Waals surface area contributed by atoms with Crippen molar-refractivity contribution in [2.75, 3.05) is 13.7 Å². The molecule has 5 nitrogen and oxygen atoms in total. The number of aromatic carboxylic acids is 1. The molecule has 142 valence electrons. The number of nitrogens with zero attached hydrogens (tertiary/aromatic N) is 2. The summed E-state index contributed by atoms with van der Waals surface area (Å²) in [4.78, 5) is 15.9. The first-order valence-corrected chi connectivity index (χ1v) is 8.96. The Hall–Kier alpha value is -2.32. The van der Waals surface area contributed by atoms with Crippen LogP contribution in [0.4, 0.5) is 8.78 Å². The summed E-state index contributed by atoms with van der Waals surface area (Å²) in [5, 5.41) is 9.32. The van der Waals surface area contributed by atoms with Crippen LogP contribution in [0.25, 0.3) is 11.0 Å². The van der Waals surface area contributed by atoms with Gasteiger partial charge in [-0.15, -0.1) is 0 Å². The van der Waals surface area contributed by atoms with Crippen LogP contribution in [0.15, 0.2) is 28.7 Å². The van der Waals surface area contributed by atoms with Crippen molar-refractivity contribution in [1.82, 2.24) is 9.55 Å². The molecule has 3 aromatic rings. The smallest absolute Gasteiger partial charge is 0.335 e. The molecule has 0 bridgehead atoms. The summed E-state index contributed by atoms with van der Waals surface area (Å²) >= 11 is 3.07. The van der Waals surface area contributed by atoms with Gasteiger partial charge in [-0.25, -0.2) is 18.6 Å². The maximum absolute atomic E-state index is 14.3. The lowest BCUT2D eigenvalue weighted by Gasteiger charge is -2.10. The Morgan fingerprint density at radius 1 is 1.26 bits per heavy atom. The predicted molar refractivity (Wildman–Crippen MR) is 100 cm³/mol. The lowest BCUT2D eigenvalue weighted by Crippen LogP contribution is -2.10. The Bertz CT molecular complexity index is 1010. The van der Waals surface area contributed by atoms with Crippen molar-refractivity contribution >= 4 is 32.9 Å². The van der Waals surface area contributed by atoms with Gasteiger partial charge in [-0.1, -0.05) is 15.9 Å². The van der Waals surface area contributed by atoms with Gasteiger partial charge >= 0.3 is 5.97 Å². The molecule has 0 aliphatic rings. The molecule has 0 saturated heterocycles. The summed E-state index contributed by atoms with van der Waals surface area (Å²) in [6.45, 7) is 2.48. The van der Waals surface area contributed by atoms with Crippen LogP contribution in [-0.2, 0) is 17.7 Å². The van der Waals surface area contributed by atoms with E-state index in [1.165, 1.54) is 24.3 Å². The number of aromatic nitrogens is 2. The van der Waals surface area contributed by atoms with Gasteiger partial charge in [0.15, 0.2) is 0 Å². The highest BCUT2D eigenvalue weighted by Gasteiger charge is 2.19. The summed E-state index contributed by atoms with van der Waals surface area (Å²) < 4.78 is 35.7. The normalized spacial score (nSPS) is 11.3. The Balaban J connectivity index is 2.17. The van der Waals surface area contributed by atoms with Crippen molar-refractivity contribution in [2.45, 2.75) is 19.9 Å². The highest BCUT2D eigenvalue weighted by molar-refractivity contribution is 9.10. The summed E-state index contributed by atoms with van der Waals surface area (Å²) in [6.07, 6.45) is -0.0643. The molecule has 2 aromatic carbocycles. The molecular weight excluding hydrogens is 422 g/mol. The molecule has 0 aliphatic heterocycles. The van der Waals surface area contributed by atoms with Gasteiger partial charge in [-0.3, -0.25) is 0 Å². The third-order valence-electron chi connectivity index (χ3n) is 4.33. The van der Waals surface area contributed by atoms with Gasteiger partial charge in [0, 0.05) is 30.1 Å². The van der Waals surface area contributed by atoms with Crippen molar-refractivity contribution < 1.29 is 23.4 Å². The number of halogens is 3. The maximum atomic E-state index is 14.3. The van der Waals surface area contributed by atoms with E-state index in [9.17, 15) is 18.7 Å². The molecule has 0 fully saturated rings. The highest BCUT2D eigenvalue weighted by atomic mass is 79.9. The first-order valence-electron chi connectivity index (χ1n) is 8.17. The molecule has 0 unspecified atom stereocenters. The second kappa shape index (κ2) is 7.74. The van der Waals surface area contributed by atoms with Gasteiger partial charge in [0.25, 0.3) is 0 Å². The van der Waals surface area contributed by atoms with Crippen molar-refractivity contribution in [2.24, 2.45) is 0 Å². The Kier molecular flexibility index (Phi) is 5.57. The van der Waals surface area contributed by atoms with Crippen LogP contribution in [0.1, 0.15) is 27.3 Å². The number of ether oxygens (including phenoxy) is 1. The lowest BCUT2D eigenvalue weighted by atomic mass is 10.1. The van der Waals surface area contributed by atoms with Crippen LogP contribution >= 0.6 is 15.9 Å². The van der Waals surface area contributed by atoms with E-state index in [0.29, 0.717) is 40.0 Å². The highest BCUT2D eigenvalue weighted by Crippen LogP contribution is 2.26. The Morgan fingerprint density at radius 2 is 1.93 bits per heavy atom. The first-order chi connectivity index (χ1) is 12.8. The first kappa shape index (κ1) is 19.4. The lowest BCUT2D eigenvalue weighted by molar-refractivity contribution is 0.0697. The second-order valence-corrected chi connectivity index (χ2v) is 7.08. The van der Waals surface area contributed by atoms with Gasteiger partial charge in [-0.05, 0) is 36.8 Å². The van der Waals surface area contributed by atoms with Gasteiger partial charge in [0.05, 0.1) is 23.2 Å². The number of methoxy groups -OCH3 is 1. The average molecular weight is 439 g/mol. The molecule has 1 heterocycles. The molecule has 0 saturated carbocycles. The summed E-state index contributed by atoms with van der Waals surface area (Å²) in [5.41, 5.74) is 1.91. The number of fused-ring (bicyclic) bond motifs is 1. The quantitative estimate of drug-likeness (QED) is 0.622. The van der Waals surface area contributed by atoms with Crippen molar-refractivity contribution in [3.63, 3.8) is 0 Å².